The zero-order valence-electron chi connectivity index (χ0n) is 10.4. The summed E-state index contributed by atoms with van der Waals surface area (Å²) in [4.78, 5) is 12.3. The van der Waals surface area contributed by atoms with Crippen molar-refractivity contribution in [1.29, 1.82) is 0 Å². The zero-order valence-corrected chi connectivity index (χ0v) is 10.4. The van der Waals surface area contributed by atoms with Gasteiger partial charge in [0.05, 0.1) is 12.5 Å². The predicted molar refractivity (Wildman–Crippen MR) is 71.6 cm³/mol. The van der Waals surface area contributed by atoms with Crippen molar-refractivity contribution >= 4 is 11.4 Å². The first-order valence-corrected chi connectivity index (χ1v) is 5.99. The molecule has 0 radical (unpaired) electrons. The molecular formula is C16H12O3. The molecule has 0 saturated heterocycles. The molecule has 3 heteroatoms. The molecule has 94 valence electrons. The third kappa shape index (κ3) is 1.99. The summed E-state index contributed by atoms with van der Waals surface area (Å²) in [5.74, 6) is 0.996. The lowest BCUT2D eigenvalue weighted by atomic mass is 9.98. The van der Waals surface area contributed by atoms with Crippen LogP contribution in [0.4, 0.5) is 0 Å². The number of hydrogen-bond donors (Lipinski definition) is 0. The lowest BCUT2D eigenvalue weighted by Gasteiger charge is -2.06. The summed E-state index contributed by atoms with van der Waals surface area (Å²) in [6.45, 7) is 1.94. The monoisotopic (exact) mass is 252 g/mol. The minimum Gasteiger partial charge on any atom is -0.465 e. The first-order valence-electron chi connectivity index (χ1n) is 5.99. The summed E-state index contributed by atoms with van der Waals surface area (Å²) < 4.78 is 10.5. The summed E-state index contributed by atoms with van der Waals surface area (Å²) in [6.07, 6.45) is 8.69. The number of carbonyl (C=O) groups is 1. The van der Waals surface area contributed by atoms with Crippen molar-refractivity contribution in [2.75, 3.05) is 0 Å². The van der Waals surface area contributed by atoms with Crippen LogP contribution in [0, 0.1) is 0 Å². The highest BCUT2D eigenvalue weighted by Crippen LogP contribution is 2.30. The SMILES string of the molecule is C/C(=C1/C=CC=C1C(=O)c1ccco1)c1ccco1. The number of carbonyl (C=O) groups excluding carboxylic acids is 1. The molecule has 2 aromatic rings. The molecule has 0 N–H and O–H groups in total. The molecule has 0 saturated carbocycles. The molecule has 3 rings (SSSR count). The zero-order chi connectivity index (χ0) is 13.2. The fourth-order valence-corrected chi connectivity index (χ4v) is 2.11. The van der Waals surface area contributed by atoms with Gasteiger partial charge in [0.1, 0.15) is 5.76 Å². The highest BCUT2D eigenvalue weighted by Gasteiger charge is 2.22. The Morgan fingerprint density at radius 2 is 1.74 bits per heavy atom. The normalized spacial score (nSPS) is 16.6. The van der Waals surface area contributed by atoms with E-state index in [1.165, 1.54) is 6.26 Å². The van der Waals surface area contributed by atoms with Crippen LogP contribution in [-0.4, -0.2) is 5.78 Å². The third-order valence-electron chi connectivity index (χ3n) is 3.10. The minimum atomic E-state index is -0.115. The van der Waals surface area contributed by atoms with E-state index in [4.69, 9.17) is 8.83 Å². The van der Waals surface area contributed by atoms with Gasteiger partial charge in [0, 0.05) is 5.57 Å². The van der Waals surface area contributed by atoms with Crippen LogP contribution >= 0.6 is 0 Å². The topological polar surface area (TPSA) is 43.4 Å². The predicted octanol–water partition coefficient (Wildman–Crippen LogP) is 4.03. The van der Waals surface area contributed by atoms with Gasteiger partial charge in [0.25, 0.3) is 0 Å². The van der Waals surface area contributed by atoms with Crippen molar-refractivity contribution in [1.82, 2.24) is 0 Å². The summed E-state index contributed by atoms with van der Waals surface area (Å²) in [6, 6.07) is 7.08. The van der Waals surface area contributed by atoms with Crippen molar-refractivity contribution in [2.24, 2.45) is 0 Å². The molecule has 0 bridgehead atoms. The van der Waals surface area contributed by atoms with Crippen molar-refractivity contribution < 1.29 is 13.6 Å². The van der Waals surface area contributed by atoms with E-state index in [2.05, 4.69) is 0 Å². The Labute approximate surface area is 110 Å². The van der Waals surface area contributed by atoms with E-state index in [0.29, 0.717) is 11.3 Å². The van der Waals surface area contributed by atoms with Gasteiger partial charge < -0.3 is 8.83 Å². The van der Waals surface area contributed by atoms with Crippen LogP contribution < -0.4 is 0 Å². The number of furan rings is 2. The van der Waals surface area contributed by atoms with Gasteiger partial charge in [-0.2, -0.15) is 0 Å². The molecule has 0 fully saturated rings. The molecule has 19 heavy (non-hydrogen) atoms. The Bertz CT molecular complexity index is 680. The third-order valence-corrected chi connectivity index (χ3v) is 3.10. The van der Waals surface area contributed by atoms with E-state index in [1.54, 1.807) is 24.5 Å². The number of allylic oxidation sites excluding steroid dienone is 6. The Balaban J connectivity index is 2.00. The fourth-order valence-electron chi connectivity index (χ4n) is 2.11. The van der Waals surface area contributed by atoms with E-state index in [1.807, 2.05) is 31.2 Å². The second-order valence-electron chi connectivity index (χ2n) is 4.26. The molecular weight excluding hydrogens is 240 g/mol. The molecule has 0 amide bonds. The first-order chi connectivity index (χ1) is 9.27. The van der Waals surface area contributed by atoms with Gasteiger partial charge >= 0.3 is 0 Å². The van der Waals surface area contributed by atoms with Crippen molar-refractivity contribution in [3.8, 4) is 0 Å². The maximum atomic E-state index is 12.3. The van der Waals surface area contributed by atoms with Crippen LogP contribution in [-0.2, 0) is 0 Å². The maximum Gasteiger partial charge on any atom is 0.228 e. The van der Waals surface area contributed by atoms with Gasteiger partial charge in [-0.1, -0.05) is 18.2 Å². The van der Waals surface area contributed by atoms with E-state index in [-0.39, 0.29) is 5.78 Å². The smallest absolute Gasteiger partial charge is 0.228 e. The van der Waals surface area contributed by atoms with E-state index >= 15 is 0 Å². The molecule has 0 aromatic carbocycles. The van der Waals surface area contributed by atoms with Gasteiger partial charge in [-0.05, 0) is 42.3 Å². The summed E-state index contributed by atoms with van der Waals surface area (Å²) in [5, 5.41) is 0. The molecule has 0 spiro atoms. The molecule has 0 atom stereocenters. The Morgan fingerprint density at radius 3 is 2.37 bits per heavy atom. The molecule has 2 aromatic heterocycles. The average Bonchev–Trinajstić information content (AvgIpc) is 3.16. The highest BCUT2D eigenvalue weighted by atomic mass is 16.3. The molecule has 2 heterocycles. The summed E-state index contributed by atoms with van der Waals surface area (Å²) >= 11 is 0. The molecule has 0 aliphatic heterocycles. The number of rotatable bonds is 3. The van der Waals surface area contributed by atoms with Crippen LogP contribution in [0.5, 0.6) is 0 Å². The summed E-state index contributed by atoms with van der Waals surface area (Å²) in [7, 11) is 0. The lowest BCUT2D eigenvalue weighted by molar-refractivity contribution is 0.101. The maximum absolute atomic E-state index is 12.3. The van der Waals surface area contributed by atoms with Crippen LogP contribution in [0.3, 0.4) is 0 Å². The van der Waals surface area contributed by atoms with Crippen LogP contribution in [0.2, 0.25) is 0 Å². The number of Topliss-reactive ketones (excluding diaryl/α,β-unsaturated/α-hetero) is 1. The standard InChI is InChI=1S/C16H12O3/c1-11(14-7-3-9-18-14)12-5-2-6-13(12)16(17)15-8-4-10-19-15/h2-10H,1H3/b12-11+. The Morgan fingerprint density at radius 1 is 1.05 bits per heavy atom. The fraction of sp³-hybridized carbons (Fsp3) is 0.0625. The number of ketones is 1. The average molecular weight is 252 g/mol. The van der Waals surface area contributed by atoms with E-state index in [0.717, 1.165) is 16.9 Å². The molecule has 3 nitrogen and oxygen atoms in total. The van der Waals surface area contributed by atoms with Gasteiger partial charge in [-0.25, -0.2) is 0 Å². The Hall–Kier alpha value is -2.55. The van der Waals surface area contributed by atoms with Crippen LogP contribution in [0.1, 0.15) is 23.2 Å². The van der Waals surface area contributed by atoms with Crippen LogP contribution in [0.25, 0.3) is 5.57 Å². The molecule has 1 aliphatic carbocycles. The molecule has 1 aliphatic rings. The van der Waals surface area contributed by atoms with Crippen molar-refractivity contribution in [3.05, 3.63) is 77.7 Å². The summed E-state index contributed by atoms with van der Waals surface area (Å²) in [5.41, 5.74) is 2.44. The van der Waals surface area contributed by atoms with Crippen molar-refractivity contribution in [3.63, 3.8) is 0 Å². The Kier molecular flexibility index (Phi) is 2.80. The quantitative estimate of drug-likeness (QED) is 0.775. The van der Waals surface area contributed by atoms with Gasteiger partial charge in [-0.3, -0.25) is 4.79 Å². The van der Waals surface area contributed by atoms with E-state index < -0.39 is 0 Å². The van der Waals surface area contributed by atoms with Gasteiger partial charge in [0.2, 0.25) is 5.78 Å². The van der Waals surface area contributed by atoms with Gasteiger partial charge in [-0.15, -0.1) is 0 Å². The van der Waals surface area contributed by atoms with Crippen LogP contribution in [0.15, 0.2) is 75.0 Å². The lowest BCUT2D eigenvalue weighted by Crippen LogP contribution is -2.03. The first kappa shape index (κ1) is 11.5. The van der Waals surface area contributed by atoms with E-state index in [9.17, 15) is 4.79 Å². The van der Waals surface area contributed by atoms with Gasteiger partial charge in [0.15, 0.2) is 5.76 Å². The minimum absolute atomic E-state index is 0.115. The molecule has 0 unspecified atom stereocenters. The van der Waals surface area contributed by atoms with Crippen molar-refractivity contribution in [2.45, 2.75) is 6.92 Å². The second-order valence-corrected chi connectivity index (χ2v) is 4.26. The number of hydrogen-bond acceptors (Lipinski definition) is 3. The highest BCUT2D eigenvalue weighted by molar-refractivity contribution is 6.12. The largest absolute Gasteiger partial charge is 0.465 e. The second kappa shape index (κ2) is 4.61.